The van der Waals surface area contributed by atoms with Crippen molar-refractivity contribution in [1.29, 1.82) is 5.26 Å². The Labute approximate surface area is 130 Å². The molecule has 0 fully saturated rings. The molecule has 0 spiro atoms. The summed E-state index contributed by atoms with van der Waals surface area (Å²) in [5.41, 5.74) is 3.43. The van der Waals surface area contributed by atoms with Crippen LogP contribution in [-0.4, -0.2) is 4.98 Å². The number of aryl methyl sites for hydroxylation is 3. The van der Waals surface area contributed by atoms with E-state index in [1.165, 1.54) is 5.56 Å². The maximum absolute atomic E-state index is 8.89. The summed E-state index contributed by atoms with van der Waals surface area (Å²) >= 11 is 1.59. The van der Waals surface area contributed by atoms with Crippen LogP contribution in [0.4, 0.5) is 0 Å². The summed E-state index contributed by atoms with van der Waals surface area (Å²) in [7, 11) is 0. The Morgan fingerprint density at radius 3 is 2.81 bits per heavy atom. The van der Waals surface area contributed by atoms with E-state index in [4.69, 9.17) is 10.00 Å². The average Bonchev–Trinajstić information content (AvgIpc) is 2.81. The van der Waals surface area contributed by atoms with Gasteiger partial charge in [0.05, 0.1) is 18.2 Å². The van der Waals surface area contributed by atoms with Crippen molar-refractivity contribution in [2.75, 3.05) is 0 Å². The fraction of sp³-hybridized carbons (Fsp3) is 0.412. The van der Waals surface area contributed by atoms with Gasteiger partial charge in [-0.1, -0.05) is 31.0 Å². The summed E-state index contributed by atoms with van der Waals surface area (Å²) in [6.07, 6.45) is 2.41. The van der Waals surface area contributed by atoms with Crippen molar-refractivity contribution in [2.24, 2.45) is 0 Å². The maximum atomic E-state index is 8.89. The molecular weight excluding hydrogens is 280 g/mol. The summed E-state index contributed by atoms with van der Waals surface area (Å²) in [6.45, 7) is 6.72. The van der Waals surface area contributed by atoms with Crippen LogP contribution in [0.2, 0.25) is 0 Å². The van der Waals surface area contributed by atoms with E-state index in [0.29, 0.717) is 13.0 Å². The first-order chi connectivity index (χ1) is 10.1. The number of hydrogen-bond donors (Lipinski definition) is 0. The topological polar surface area (TPSA) is 45.9 Å². The highest BCUT2D eigenvalue weighted by Gasteiger charge is 2.11. The number of benzene rings is 1. The molecular formula is C17H20N2OS. The van der Waals surface area contributed by atoms with Crippen LogP contribution in [0.3, 0.4) is 0 Å². The molecule has 0 amide bonds. The van der Waals surface area contributed by atoms with E-state index in [0.717, 1.165) is 39.7 Å². The maximum Gasteiger partial charge on any atom is 0.140 e. The highest BCUT2D eigenvalue weighted by atomic mass is 32.1. The molecule has 0 N–H and O–H groups in total. The molecule has 0 saturated heterocycles. The molecule has 0 aliphatic carbocycles. The SMILES string of the molecule is CCCc1nc(COc2ccc(C)cc2C)sc1CC#N. The molecule has 2 rings (SSSR count). The first kappa shape index (κ1) is 15.5. The second-order valence-corrected chi connectivity index (χ2v) is 6.29. The van der Waals surface area contributed by atoms with Crippen LogP contribution < -0.4 is 4.74 Å². The first-order valence-corrected chi connectivity index (χ1v) is 8.00. The minimum Gasteiger partial charge on any atom is -0.486 e. The van der Waals surface area contributed by atoms with Gasteiger partial charge in [0.15, 0.2) is 0 Å². The lowest BCUT2D eigenvalue weighted by Gasteiger charge is -2.08. The summed E-state index contributed by atoms with van der Waals surface area (Å²) in [6, 6.07) is 8.38. The molecule has 0 aliphatic heterocycles. The summed E-state index contributed by atoms with van der Waals surface area (Å²) < 4.78 is 5.87. The Hall–Kier alpha value is -1.86. The number of hydrogen-bond acceptors (Lipinski definition) is 4. The van der Waals surface area contributed by atoms with Crippen LogP contribution >= 0.6 is 11.3 Å². The van der Waals surface area contributed by atoms with Crippen molar-refractivity contribution >= 4 is 11.3 Å². The predicted molar refractivity (Wildman–Crippen MR) is 85.7 cm³/mol. The van der Waals surface area contributed by atoms with Crippen molar-refractivity contribution in [2.45, 2.75) is 46.6 Å². The lowest BCUT2D eigenvalue weighted by Crippen LogP contribution is -1.97. The summed E-state index contributed by atoms with van der Waals surface area (Å²) in [5, 5.41) is 9.84. The second kappa shape index (κ2) is 7.24. The van der Waals surface area contributed by atoms with Crippen LogP contribution in [0, 0.1) is 25.2 Å². The zero-order valence-corrected chi connectivity index (χ0v) is 13.6. The molecule has 0 saturated carbocycles. The number of rotatable bonds is 6. The van der Waals surface area contributed by atoms with Crippen molar-refractivity contribution in [3.05, 3.63) is 44.9 Å². The molecule has 1 aromatic heterocycles. The lowest BCUT2D eigenvalue weighted by molar-refractivity contribution is 0.303. The van der Waals surface area contributed by atoms with Gasteiger partial charge in [0.25, 0.3) is 0 Å². The second-order valence-electron chi connectivity index (χ2n) is 5.12. The summed E-state index contributed by atoms with van der Waals surface area (Å²) in [5.74, 6) is 0.898. The van der Waals surface area contributed by atoms with Gasteiger partial charge >= 0.3 is 0 Å². The van der Waals surface area contributed by atoms with Crippen molar-refractivity contribution in [3.63, 3.8) is 0 Å². The van der Waals surface area contributed by atoms with Gasteiger partial charge in [-0.15, -0.1) is 11.3 Å². The van der Waals surface area contributed by atoms with Gasteiger partial charge in [0.1, 0.15) is 17.4 Å². The number of thiazole rings is 1. The van der Waals surface area contributed by atoms with Crippen LogP contribution in [0.5, 0.6) is 5.75 Å². The number of nitrogens with zero attached hydrogens (tertiary/aromatic N) is 2. The molecule has 3 nitrogen and oxygen atoms in total. The lowest BCUT2D eigenvalue weighted by atomic mass is 10.1. The van der Waals surface area contributed by atoms with Crippen LogP contribution in [0.15, 0.2) is 18.2 Å². The minimum atomic E-state index is 0.441. The van der Waals surface area contributed by atoms with E-state index >= 15 is 0 Å². The fourth-order valence-corrected chi connectivity index (χ4v) is 3.20. The van der Waals surface area contributed by atoms with E-state index < -0.39 is 0 Å². The Bertz CT molecular complexity index is 655. The van der Waals surface area contributed by atoms with Crippen LogP contribution in [-0.2, 0) is 19.4 Å². The Morgan fingerprint density at radius 2 is 2.14 bits per heavy atom. The Morgan fingerprint density at radius 1 is 1.33 bits per heavy atom. The third-order valence-corrected chi connectivity index (χ3v) is 4.30. The summed E-state index contributed by atoms with van der Waals surface area (Å²) in [4.78, 5) is 5.71. The van der Waals surface area contributed by atoms with Crippen molar-refractivity contribution in [1.82, 2.24) is 4.98 Å². The molecule has 0 atom stereocenters. The van der Waals surface area contributed by atoms with E-state index in [9.17, 15) is 0 Å². The van der Waals surface area contributed by atoms with Gasteiger partial charge < -0.3 is 4.74 Å². The quantitative estimate of drug-likeness (QED) is 0.796. The van der Waals surface area contributed by atoms with E-state index in [2.05, 4.69) is 31.0 Å². The minimum absolute atomic E-state index is 0.441. The van der Waals surface area contributed by atoms with Crippen molar-refractivity contribution < 1.29 is 4.74 Å². The van der Waals surface area contributed by atoms with E-state index in [1.54, 1.807) is 11.3 Å². The third-order valence-electron chi connectivity index (χ3n) is 3.23. The van der Waals surface area contributed by atoms with Crippen molar-refractivity contribution in [3.8, 4) is 11.8 Å². The number of nitriles is 1. The third kappa shape index (κ3) is 4.05. The molecule has 110 valence electrons. The molecule has 21 heavy (non-hydrogen) atoms. The van der Waals surface area contributed by atoms with Gasteiger partial charge in [-0.3, -0.25) is 0 Å². The molecule has 0 unspecified atom stereocenters. The first-order valence-electron chi connectivity index (χ1n) is 7.18. The molecule has 1 heterocycles. The van der Waals surface area contributed by atoms with Crippen LogP contribution in [0.1, 0.15) is 40.1 Å². The molecule has 4 heteroatoms. The Kier molecular flexibility index (Phi) is 5.35. The number of aromatic nitrogens is 1. The van der Waals surface area contributed by atoms with Gasteiger partial charge in [-0.2, -0.15) is 5.26 Å². The molecule has 0 bridgehead atoms. The van der Waals surface area contributed by atoms with E-state index in [-0.39, 0.29) is 0 Å². The van der Waals surface area contributed by atoms with Crippen LogP contribution in [0.25, 0.3) is 0 Å². The zero-order chi connectivity index (χ0) is 15.2. The van der Waals surface area contributed by atoms with Gasteiger partial charge in [0, 0.05) is 4.88 Å². The standard InChI is InChI=1S/C17H20N2OS/c1-4-5-14-16(8-9-18)21-17(19-14)11-20-15-7-6-12(2)10-13(15)3/h6-7,10H,4-5,8,11H2,1-3H3. The smallest absolute Gasteiger partial charge is 0.140 e. The largest absolute Gasteiger partial charge is 0.486 e. The molecule has 2 aromatic rings. The average molecular weight is 300 g/mol. The monoisotopic (exact) mass is 300 g/mol. The molecule has 1 aromatic carbocycles. The Balaban J connectivity index is 2.09. The normalized spacial score (nSPS) is 10.4. The van der Waals surface area contributed by atoms with Gasteiger partial charge in [-0.05, 0) is 31.9 Å². The van der Waals surface area contributed by atoms with E-state index in [1.807, 2.05) is 19.1 Å². The number of ether oxygens (including phenoxy) is 1. The zero-order valence-electron chi connectivity index (χ0n) is 12.8. The van der Waals surface area contributed by atoms with Gasteiger partial charge in [-0.25, -0.2) is 4.98 Å². The highest BCUT2D eigenvalue weighted by Crippen LogP contribution is 2.24. The molecule has 0 radical (unpaired) electrons. The molecule has 0 aliphatic rings. The van der Waals surface area contributed by atoms with Gasteiger partial charge in [0.2, 0.25) is 0 Å². The highest BCUT2D eigenvalue weighted by molar-refractivity contribution is 7.11. The predicted octanol–water partition coefficient (Wildman–Crippen LogP) is 4.36. The fourth-order valence-electron chi connectivity index (χ4n) is 2.24.